The Bertz CT molecular complexity index is 1830. The van der Waals surface area contributed by atoms with Gasteiger partial charge in [-0.1, -0.05) is 17.8 Å². The molecular formula is C34H34N4O6S2. The predicted octanol–water partition coefficient (Wildman–Crippen LogP) is 5.78. The summed E-state index contributed by atoms with van der Waals surface area (Å²) < 4.78 is 23.5. The van der Waals surface area contributed by atoms with Crippen LogP contribution in [-0.2, 0) is 11.2 Å². The van der Waals surface area contributed by atoms with Crippen LogP contribution in [0, 0.1) is 0 Å². The molecule has 1 atom stereocenters. The zero-order chi connectivity index (χ0) is 32.2. The van der Waals surface area contributed by atoms with Crippen LogP contribution < -0.4 is 24.5 Å². The minimum Gasteiger partial charge on any atom is -0.497 e. The highest BCUT2D eigenvalue weighted by Crippen LogP contribution is 2.38. The maximum absolute atomic E-state index is 14.0. The number of hydrogen-bond donors (Lipinski definition) is 0. The average Bonchev–Trinajstić information content (AvgIpc) is 3.76. The van der Waals surface area contributed by atoms with Crippen LogP contribution in [0.1, 0.15) is 36.2 Å². The molecule has 10 nitrogen and oxygen atoms in total. The highest BCUT2D eigenvalue weighted by molar-refractivity contribution is 8.00. The standard InChI is InChI=1S/C34H34N4O6S2/c1-5-44-25-13-9-23(10-14-25)37-33(40)32-26(16-17-45-32)35-34(37)46-20-31(39)38-28(22-8-15-29(42-3)30(18-22)43-4)19-27(36-38)21-6-11-24(41-2)12-7-21/h6-15,18,28H,5,16-17,19-20H2,1-4H3. The maximum Gasteiger partial charge on any atom is 0.272 e. The van der Waals surface area contributed by atoms with Crippen LogP contribution in [0.3, 0.4) is 0 Å². The molecule has 12 heteroatoms. The number of amides is 1. The van der Waals surface area contributed by atoms with Crippen molar-refractivity contribution in [3.8, 4) is 28.7 Å². The first kappa shape index (κ1) is 31.6. The predicted molar refractivity (Wildman–Crippen MR) is 179 cm³/mol. The quantitative estimate of drug-likeness (QED) is 0.147. The molecule has 2 aliphatic heterocycles. The second-order valence-electron chi connectivity index (χ2n) is 10.5. The Morgan fingerprint density at radius 3 is 2.39 bits per heavy atom. The molecule has 46 heavy (non-hydrogen) atoms. The summed E-state index contributed by atoms with van der Waals surface area (Å²) in [5.41, 5.74) is 3.85. The van der Waals surface area contributed by atoms with Gasteiger partial charge in [-0.05, 0) is 78.7 Å². The Kier molecular flexibility index (Phi) is 9.55. The first-order valence-corrected chi connectivity index (χ1v) is 16.8. The summed E-state index contributed by atoms with van der Waals surface area (Å²) in [5.74, 6) is 3.24. The molecule has 2 aliphatic rings. The second kappa shape index (κ2) is 13.9. The fourth-order valence-electron chi connectivity index (χ4n) is 5.49. The highest BCUT2D eigenvalue weighted by Gasteiger charge is 2.34. The van der Waals surface area contributed by atoms with Gasteiger partial charge in [0.25, 0.3) is 11.5 Å². The molecule has 0 bridgehead atoms. The minimum atomic E-state index is -0.373. The van der Waals surface area contributed by atoms with Crippen molar-refractivity contribution in [2.45, 2.75) is 35.9 Å². The molecule has 0 radical (unpaired) electrons. The van der Waals surface area contributed by atoms with E-state index >= 15 is 0 Å². The molecule has 0 fully saturated rings. The van der Waals surface area contributed by atoms with E-state index in [1.807, 2.05) is 73.7 Å². The molecule has 0 spiro atoms. The van der Waals surface area contributed by atoms with Gasteiger partial charge in [0.05, 0.1) is 61.7 Å². The molecule has 0 aliphatic carbocycles. The van der Waals surface area contributed by atoms with Crippen molar-refractivity contribution in [2.24, 2.45) is 5.10 Å². The number of fused-ring (bicyclic) bond motifs is 1. The molecule has 1 amide bonds. The second-order valence-corrected chi connectivity index (χ2v) is 12.5. The molecule has 0 N–H and O–H groups in total. The van der Waals surface area contributed by atoms with E-state index in [2.05, 4.69) is 0 Å². The van der Waals surface area contributed by atoms with Crippen LogP contribution in [-0.4, -0.2) is 65.6 Å². The lowest BCUT2D eigenvalue weighted by atomic mass is 9.98. The summed E-state index contributed by atoms with van der Waals surface area (Å²) in [5, 5.41) is 6.83. The Morgan fingerprint density at radius 2 is 1.70 bits per heavy atom. The fraction of sp³-hybridized carbons (Fsp3) is 0.294. The van der Waals surface area contributed by atoms with Gasteiger partial charge in [-0.3, -0.25) is 14.2 Å². The van der Waals surface area contributed by atoms with Gasteiger partial charge in [0.2, 0.25) is 0 Å². The van der Waals surface area contributed by atoms with E-state index < -0.39 is 0 Å². The summed E-state index contributed by atoms with van der Waals surface area (Å²) in [7, 11) is 4.79. The van der Waals surface area contributed by atoms with Crippen LogP contribution in [0.25, 0.3) is 5.69 Å². The number of hydrogen-bond acceptors (Lipinski definition) is 10. The molecule has 4 aromatic rings. The molecule has 0 saturated carbocycles. The maximum atomic E-state index is 14.0. The third kappa shape index (κ3) is 6.32. The van der Waals surface area contributed by atoms with Crippen molar-refractivity contribution in [1.82, 2.24) is 14.6 Å². The molecule has 3 aromatic carbocycles. The lowest BCUT2D eigenvalue weighted by molar-refractivity contribution is -0.130. The molecule has 6 rings (SSSR count). The summed E-state index contributed by atoms with van der Waals surface area (Å²) in [6.07, 6.45) is 1.22. The Morgan fingerprint density at radius 1 is 0.957 bits per heavy atom. The number of thioether (sulfide) groups is 2. The van der Waals surface area contributed by atoms with Gasteiger partial charge in [0.1, 0.15) is 11.5 Å². The normalized spacial score (nSPS) is 15.3. The van der Waals surface area contributed by atoms with E-state index in [1.165, 1.54) is 28.5 Å². The number of aromatic nitrogens is 2. The molecule has 1 aromatic heterocycles. The van der Waals surface area contributed by atoms with E-state index in [1.54, 1.807) is 25.9 Å². The highest BCUT2D eigenvalue weighted by atomic mass is 32.2. The minimum absolute atomic E-state index is 0.0264. The molecule has 1 unspecified atom stereocenters. The number of methoxy groups -OCH3 is 3. The Labute approximate surface area is 275 Å². The molecule has 0 saturated heterocycles. The van der Waals surface area contributed by atoms with Gasteiger partial charge in [0.15, 0.2) is 16.7 Å². The summed E-state index contributed by atoms with van der Waals surface area (Å²) in [6.45, 7) is 2.47. The van der Waals surface area contributed by atoms with Gasteiger partial charge in [-0.2, -0.15) is 5.10 Å². The van der Waals surface area contributed by atoms with Gasteiger partial charge in [-0.15, -0.1) is 11.8 Å². The van der Waals surface area contributed by atoms with Crippen LogP contribution in [0.5, 0.6) is 23.0 Å². The largest absolute Gasteiger partial charge is 0.497 e. The summed E-state index contributed by atoms with van der Waals surface area (Å²) in [6, 6.07) is 20.2. The third-order valence-corrected chi connectivity index (χ3v) is 9.81. The van der Waals surface area contributed by atoms with Gasteiger partial charge >= 0.3 is 0 Å². The smallest absolute Gasteiger partial charge is 0.272 e. The Hall–Kier alpha value is -4.42. The van der Waals surface area contributed by atoms with E-state index in [-0.39, 0.29) is 23.3 Å². The van der Waals surface area contributed by atoms with E-state index in [9.17, 15) is 9.59 Å². The van der Waals surface area contributed by atoms with Crippen LogP contribution >= 0.6 is 23.5 Å². The number of carbonyl (C=O) groups excluding carboxylic acids is 1. The summed E-state index contributed by atoms with van der Waals surface area (Å²) >= 11 is 2.76. The average molecular weight is 659 g/mol. The monoisotopic (exact) mass is 658 g/mol. The zero-order valence-electron chi connectivity index (χ0n) is 26.0. The van der Waals surface area contributed by atoms with Crippen molar-refractivity contribution in [2.75, 3.05) is 39.4 Å². The van der Waals surface area contributed by atoms with Crippen LogP contribution in [0.4, 0.5) is 0 Å². The number of rotatable bonds is 11. The van der Waals surface area contributed by atoms with E-state index in [0.717, 1.165) is 34.0 Å². The lowest BCUT2D eigenvalue weighted by Crippen LogP contribution is -2.29. The van der Waals surface area contributed by atoms with Gasteiger partial charge in [0, 0.05) is 18.6 Å². The number of aryl methyl sites for hydroxylation is 1. The fourth-order valence-corrected chi connectivity index (χ4v) is 7.39. The first-order chi connectivity index (χ1) is 22.4. The topological polar surface area (TPSA) is 104 Å². The number of hydrazone groups is 1. The summed E-state index contributed by atoms with van der Waals surface area (Å²) in [4.78, 5) is 33.3. The number of ether oxygens (including phenoxy) is 4. The van der Waals surface area contributed by atoms with Gasteiger partial charge in [-0.25, -0.2) is 9.99 Å². The first-order valence-electron chi connectivity index (χ1n) is 14.8. The van der Waals surface area contributed by atoms with Crippen molar-refractivity contribution >= 4 is 35.1 Å². The Balaban J connectivity index is 1.32. The van der Waals surface area contributed by atoms with Crippen LogP contribution in [0.15, 0.2) is 86.7 Å². The number of nitrogens with zero attached hydrogens (tertiary/aromatic N) is 4. The van der Waals surface area contributed by atoms with Gasteiger partial charge < -0.3 is 18.9 Å². The lowest BCUT2D eigenvalue weighted by Gasteiger charge is -2.23. The van der Waals surface area contributed by atoms with E-state index in [0.29, 0.717) is 52.4 Å². The van der Waals surface area contributed by atoms with E-state index in [4.69, 9.17) is 29.0 Å². The van der Waals surface area contributed by atoms with Crippen molar-refractivity contribution in [3.05, 3.63) is 93.9 Å². The van der Waals surface area contributed by atoms with Crippen molar-refractivity contribution < 1.29 is 23.7 Å². The van der Waals surface area contributed by atoms with Crippen molar-refractivity contribution in [1.29, 1.82) is 0 Å². The van der Waals surface area contributed by atoms with Crippen molar-refractivity contribution in [3.63, 3.8) is 0 Å². The third-order valence-electron chi connectivity index (χ3n) is 7.78. The molecular weight excluding hydrogens is 625 g/mol. The SMILES string of the molecule is CCOc1ccc(-n2c(SCC(=O)N3N=C(c4ccc(OC)cc4)CC3c3ccc(OC)c(OC)c3)nc3c(c2=O)SCC3)cc1. The molecule has 238 valence electrons. The molecule has 3 heterocycles. The zero-order valence-corrected chi connectivity index (χ0v) is 27.7. The van der Waals surface area contributed by atoms with Crippen LogP contribution in [0.2, 0.25) is 0 Å². The number of carbonyl (C=O) groups is 1. The number of benzene rings is 3.